The summed E-state index contributed by atoms with van der Waals surface area (Å²) < 4.78 is 5.86. The quantitative estimate of drug-likeness (QED) is 0.880. The first-order valence-electron chi connectivity index (χ1n) is 7.54. The molecule has 102 valence electrons. The van der Waals surface area contributed by atoms with Crippen LogP contribution in [0.25, 0.3) is 0 Å². The molecule has 3 nitrogen and oxygen atoms in total. The van der Waals surface area contributed by atoms with E-state index in [9.17, 15) is 0 Å². The zero-order valence-corrected chi connectivity index (χ0v) is 11.5. The minimum atomic E-state index is 0.453. The van der Waals surface area contributed by atoms with Crippen molar-refractivity contribution in [3.05, 3.63) is 29.8 Å². The van der Waals surface area contributed by atoms with E-state index in [0.29, 0.717) is 18.1 Å². The summed E-state index contributed by atoms with van der Waals surface area (Å²) in [7, 11) is 0. The first kappa shape index (κ1) is 11.7. The highest BCUT2D eigenvalue weighted by Crippen LogP contribution is 2.40. The van der Waals surface area contributed by atoms with Crippen molar-refractivity contribution < 1.29 is 4.74 Å². The molecular formula is C16H22N2O. The smallest absolute Gasteiger partial charge is 0.124 e. The van der Waals surface area contributed by atoms with Gasteiger partial charge in [-0.25, -0.2) is 0 Å². The van der Waals surface area contributed by atoms with Crippen LogP contribution in [0.2, 0.25) is 0 Å². The highest BCUT2D eigenvalue weighted by atomic mass is 16.5. The van der Waals surface area contributed by atoms with Crippen molar-refractivity contribution in [2.45, 2.75) is 37.9 Å². The van der Waals surface area contributed by atoms with Gasteiger partial charge in [0.2, 0.25) is 0 Å². The third-order valence-electron chi connectivity index (χ3n) is 4.92. The zero-order valence-electron chi connectivity index (χ0n) is 11.5. The van der Waals surface area contributed by atoms with Gasteiger partial charge >= 0.3 is 0 Å². The molecule has 0 bridgehead atoms. The Morgan fingerprint density at radius 2 is 2.11 bits per heavy atom. The minimum Gasteiger partial charge on any atom is -0.491 e. The molecule has 3 heteroatoms. The van der Waals surface area contributed by atoms with Gasteiger partial charge in [-0.2, -0.15) is 0 Å². The van der Waals surface area contributed by atoms with Crippen LogP contribution in [0.3, 0.4) is 0 Å². The molecule has 1 saturated carbocycles. The number of hydrogen-bond donors (Lipinski definition) is 1. The predicted molar refractivity (Wildman–Crippen MR) is 75.4 cm³/mol. The predicted octanol–water partition coefficient (Wildman–Crippen LogP) is 2.19. The summed E-state index contributed by atoms with van der Waals surface area (Å²) in [6.07, 6.45) is 2.83. The summed E-state index contributed by atoms with van der Waals surface area (Å²) in [5, 5.41) is 3.73. The van der Waals surface area contributed by atoms with E-state index < -0.39 is 0 Å². The SMILES string of the molecule is CC1CNC(C2CC2)CN1C1COc2ccccc21. The Balaban J connectivity index is 1.57. The van der Waals surface area contributed by atoms with Gasteiger partial charge in [-0.05, 0) is 31.7 Å². The Labute approximate surface area is 114 Å². The van der Waals surface area contributed by atoms with Crippen LogP contribution in [-0.4, -0.2) is 36.7 Å². The van der Waals surface area contributed by atoms with E-state index in [-0.39, 0.29) is 0 Å². The fourth-order valence-corrected chi connectivity index (χ4v) is 3.58. The number of ether oxygens (including phenoxy) is 1. The lowest BCUT2D eigenvalue weighted by Gasteiger charge is -2.42. The molecule has 0 spiro atoms. The second-order valence-electron chi connectivity index (χ2n) is 6.26. The van der Waals surface area contributed by atoms with E-state index in [1.165, 1.54) is 24.9 Å². The van der Waals surface area contributed by atoms with Gasteiger partial charge in [0.1, 0.15) is 12.4 Å². The van der Waals surface area contributed by atoms with Crippen molar-refractivity contribution in [2.24, 2.45) is 5.92 Å². The zero-order chi connectivity index (χ0) is 12.8. The normalized spacial score (nSPS) is 34.9. The van der Waals surface area contributed by atoms with Gasteiger partial charge in [-0.1, -0.05) is 18.2 Å². The molecule has 1 aromatic carbocycles. The molecule has 0 radical (unpaired) electrons. The molecule has 0 aromatic heterocycles. The lowest BCUT2D eigenvalue weighted by atomic mass is 10.00. The van der Waals surface area contributed by atoms with Crippen LogP contribution >= 0.6 is 0 Å². The molecule has 1 aromatic rings. The molecule has 4 rings (SSSR count). The number of rotatable bonds is 2. The number of nitrogens with one attached hydrogen (secondary N) is 1. The van der Waals surface area contributed by atoms with Crippen molar-refractivity contribution >= 4 is 0 Å². The maximum Gasteiger partial charge on any atom is 0.124 e. The van der Waals surface area contributed by atoms with Crippen molar-refractivity contribution in [1.82, 2.24) is 10.2 Å². The van der Waals surface area contributed by atoms with Gasteiger partial charge in [0.25, 0.3) is 0 Å². The number of para-hydroxylation sites is 1. The molecule has 3 atom stereocenters. The third-order valence-corrected chi connectivity index (χ3v) is 4.92. The molecule has 1 aliphatic carbocycles. The standard InChI is InChI=1S/C16H22N2O/c1-11-8-17-14(12-6-7-12)9-18(11)15-10-19-16-5-3-2-4-13(15)16/h2-5,11-12,14-15,17H,6-10H2,1H3. The molecule has 1 N–H and O–H groups in total. The highest BCUT2D eigenvalue weighted by Gasteiger charge is 2.40. The van der Waals surface area contributed by atoms with Crippen molar-refractivity contribution in [2.75, 3.05) is 19.7 Å². The lowest BCUT2D eigenvalue weighted by molar-refractivity contribution is 0.0721. The van der Waals surface area contributed by atoms with Gasteiger partial charge in [0.05, 0.1) is 6.04 Å². The average Bonchev–Trinajstić information content (AvgIpc) is 3.20. The first-order chi connectivity index (χ1) is 9.33. The van der Waals surface area contributed by atoms with Crippen molar-refractivity contribution in [1.29, 1.82) is 0 Å². The van der Waals surface area contributed by atoms with Crippen LogP contribution < -0.4 is 10.1 Å². The summed E-state index contributed by atoms with van der Waals surface area (Å²) in [5.41, 5.74) is 1.38. The molecular weight excluding hydrogens is 236 g/mol. The monoisotopic (exact) mass is 258 g/mol. The number of nitrogens with zero attached hydrogens (tertiary/aromatic N) is 1. The summed E-state index contributed by atoms with van der Waals surface area (Å²) in [4.78, 5) is 2.66. The van der Waals surface area contributed by atoms with Gasteiger partial charge in [-0.15, -0.1) is 0 Å². The Kier molecular flexibility index (Phi) is 2.78. The maximum absolute atomic E-state index is 5.86. The second-order valence-corrected chi connectivity index (χ2v) is 6.26. The number of piperazine rings is 1. The largest absolute Gasteiger partial charge is 0.491 e. The van der Waals surface area contributed by atoms with E-state index in [2.05, 4.69) is 41.4 Å². The molecule has 3 aliphatic rings. The average molecular weight is 258 g/mol. The van der Waals surface area contributed by atoms with E-state index >= 15 is 0 Å². The van der Waals surface area contributed by atoms with Crippen LogP contribution in [0.4, 0.5) is 0 Å². The summed E-state index contributed by atoms with van der Waals surface area (Å²) >= 11 is 0. The molecule has 2 aliphatic heterocycles. The minimum absolute atomic E-state index is 0.453. The van der Waals surface area contributed by atoms with Crippen LogP contribution in [0.15, 0.2) is 24.3 Å². The van der Waals surface area contributed by atoms with Gasteiger partial charge in [0.15, 0.2) is 0 Å². The fourth-order valence-electron chi connectivity index (χ4n) is 3.58. The van der Waals surface area contributed by atoms with E-state index in [0.717, 1.165) is 24.8 Å². The number of hydrogen-bond acceptors (Lipinski definition) is 3. The molecule has 19 heavy (non-hydrogen) atoms. The third kappa shape index (κ3) is 2.05. The van der Waals surface area contributed by atoms with Gasteiger partial charge in [-0.3, -0.25) is 4.90 Å². The lowest BCUT2D eigenvalue weighted by Crippen LogP contribution is -2.57. The van der Waals surface area contributed by atoms with Crippen LogP contribution in [0.5, 0.6) is 5.75 Å². The summed E-state index contributed by atoms with van der Waals surface area (Å²) in [6, 6.07) is 10.3. The highest BCUT2D eigenvalue weighted by molar-refractivity contribution is 5.39. The van der Waals surface area contributed by atoms with Crippen LogP contribution in [-0.2, 0) is 0 Å². The molecule has 2 heterocycles. The van der Waals surface area contributed by atoms with E-state index in [4.69, 9.17) is 4.74 Å². The Hall–Kier alpha value is -1.06. The van der Waals surface area contributed by atoms with E-state index in [1.807, 2.05) is 0 Å². The fraction of sp³-hybridized carbons (Fsp3) is 0.625. The molecule has 1 saturated heterocycles. The topological polar surface area (TPSA) is 24.5 Å². The summed E-state index contributed by atoms with van der Waals surface area (Å²) in [6.45, 7) is 5.44. The second kappa shape index (κ2) is 4.50. The summed E-state index contributed by atoms with van der Waals surface area (Å²) in [5.74, 6) is 2.01. The van der Waals surface area contributed by atoms with Crippen molar-refractivity contribution in [3.8, 4) is 5.75 Å². The number of benzene rings is 1. The Morgan fingerprint density at radius 3 is 2.95 bits per heavy atom. The van der Waals surface area contributed by atoms with Crippen molar-refractivity contribution in [3.63, 3.8) is 0 Å². The molecule has 0 amide bonds. The maximum atomic E-state index is 5.86. The molecule has 3 unspecified atom stereocenters. The van der Waals surface area contributed by atoms with Crippen LogP contribution in [0, 0.1) is 5.92 Å². The van der Waals surface area contributed by atoms with Gasteiger partial charge < -0.3 is 10.1 Å². The molecule has 2 fully saturated rings. The first-order valence-corrected chi connectivity index (χ1v) is 7.54. The van der Waals surface area contributed by atoms with Gasteiger partial charge in [0, 0.05) is 30.7 Å². The number of fused-ring (bicyclic) bond motifs is 1. The Bertz CT molecular complexity index is 472. The van der Waals surface area contributed by atoms with Crippen LogP contribution in [0.1, 0.15) is 31.4 Å². The van der Waals surface area contributed by atoms with E-state index in [1.54, 1.807) is 0 Å². The Morgan fingerprint density at radius 1 is 1.26 bits per heavy atom.